The second kappa shape index (κ2) is 2.78. The number of amides is 2. The lowest BCUT2D eigenvalue weighted by Gasteiger charge is -2.45. The van der Waals surface area contributed by atoms with Crippen LogP contribution in [0.2, 0.25) is 0 Å². The third-order valence-electron chi connectivity index (χ3n) is 2.01. The SMILES string of the molecule is CN1C(=O)N(C)N(C)C(=S)N1C. The number of carbonyl (C=O) groups excluding carboxylic acids is 1. The maximum Gasteiger partial charge on any atom is 0.357 e. The van der Waals surface area contributed by atoms with Crippen LogP contribution < -0.4 is 0 Å². The number of hydrazine groups is 2. The topological polar surface area (TPSA) is 30.0 Å². The molecular formula is C6H12N4OS. The van der Waals surface area contributed by atoms with Crippen molar-refractivity contribution in [2.24, 2.45) is 0 Å². The van der Waals surface area contributed by atoms with Gasteiger partial charge in [-0.25, -0.2) is 14.8 Å². The predicted molar refractivity (Wildman–Crippen MR) is 49.0 cm³/mol. The average Bonchev–Trinajstić information content (AvgIpc) is 2.08. The fraction of sp³-hybridized carbons (Fsp3) is 0.667. The Bertz CT molecular complexity index is 188. The molecule has 2 amide bonds. The summed E-state index contributed by atoms with van der Waals surface area (Å²) < 4.78 is 0. The summed E-state index contributed by atoms with van der Waals surface area (Å²) in [6.45, 7) is 0. The van der Waals surface area contributed by atoms with Crippen LogP contribution in [0.1, 0.15) is 0 Å². The first kappa shape index (κ1) is 9.05. The van der Waals surface area contributed by atoms with Crippen LogP contribution in [0.25, 0.3) is 0 Å². The maximum absolute atomic E-state index is 11.4. The van der Waals surface area contributed by atoms with Gasteiger partial charge in [-0.15, -0.1) is 0 Å². The van der Waals surface area contributed by atoms with Crippen LogP contribution in [0.3, 0.4) is 0 Å². The summed E-state index contributed by atoms with van der Waals surface area (Å²) in [5.74, 6) is 0. The number of thiocarbonyl (C=S) groups is 1. The van der Waals surface area contributed by atoms with Crippen molar-refractivity contribution in [1.82, 2.24) is 20.0 Å². The summed E-state index contributed by atoms with van der Waals surface area (Å²) in [4.78, 5) is 11.4. The van der Waals surface area contributed by atoms with Crippen LogP contribution in [0, 0.1) is 0 Å². The van der Waals surface area contributed by atoms with Gasteiger partial charge in [-0.3, -0.25) is 10.0 Å². The highest BCUT2D eigenvalue weighted by Gasteiger charge is 2.31. The van der Waals surface area contributed by atoms with E-state index in [4.69, 9.17) is 12.2 Å². The van der Waals surface area contributed by atoms with Crippen LogP contribution in [-0.2, 0) is 0 Å². The van der Waals surface area contributed by atoms with Gasteiger partial charge in [-0.1, -0.05) is 0 Å². The fourth-order valence-electron chi connectivity index (χ4n) is 0.932. The van der Waals surface area contributed by atoms with Gasteiger partial charge >= 0.3 is 6.03 Å². The molecule has 0 radical (unpaired) electrons. The Morgan fingerprint density at radius 2 is 1.25 bits per heavy atom. The molecule has 1 rings (SSSR count). The smallest absolute Gasteiger partial charge is 0.259 e. The average molecular weight is 188 g/mol. The molecule has 0 bridgehead atoms. The molecular weight excluding hydrogens is 176 g/mol. The van der Waals surface area contributed by atoms with Crippen molar-refractivity contribution in [2.45, 2.75) is 0 Å². The summed E-state index contributed by atoms with van der Waals surface area (Å²) in [6.07, 6.45) is 0. The molecule has 0 aromatic rings. The van der Waals surface area contributed by atoms with Gasteiger partial charge in [0, 0.05) is 28.2 Å². The Balaban J connectivity index is 2.91. The van der Waals surface area contributed by atoms with Crippen LogP contribution in [0.5, 0.6) is 0 Å². The van der Waals surface area contributed by atoms with Gasteiger partial charge in [0.2, 0.25) is 5.11 Å². The number of hydrogen-bond acceptors (Lipinski definition) is 2. The molecule has 0 aromatic heterocycles. The zero-order valence-corrected chi connectivity index (χ0v) is 8.42. The molecule has 68 valence electrons. The van der Waals surface area contributed by atoms with Crippen LogP contribution >= 0.6 is 12.2 Å². The lowest BCUT2D eigenvalue weighted by molar-refractivity contribution is 0.00275. The highest BCUT2D eigenvalue weighted by molar-refractivity contribution is 7.80. The van der Waals surface area contributed by atoms with Crippen LogP contribution in [0.15, 0.2) is 0 Å². The highest BCUT2D eigenvalue weighted by Crippen LogP contribution is 2.10. The number of nitrogens with zero attached hydrogens (tertiary/aromatic N) is 4. The molecule has 0 spiro atoms. The first-order valence-electron chi connectivity index (χ1n) is 3.49. The fourth-order valence-corrected chi connectivity index (χ4v) is 1.18. The largest absolute Gasteiger partial charge is 0.357 e. The van der Waals surface area contributed by atoms with Crippen molar-refractivity contribution < 1.29 is 4.79 Å². The molecule has 1 aliphatic rings. The Morgan fingerprint density at radius 1 is 0.917 bits per heavy atom. The van der Waals surface area contributed by atoms with Gasteiger partial charge in [0.25, 0.3) is 0 Å². The molecule has 6 heteroatoms. The van der Waals surface area contributed by atoms with Gasteiger partial charge in [-0.2, -0.15) is 0 Å². The van der Waals surface area contributed by atoms with Crippen molar-refractivity contribution in [3.8, 4) is 0 Å². The van der Waals surface area contributed by atoms with E-state index in [2.05, 4.69) is 0 Å². The van der Waals surface area contributed by atoms with Crippen LogP contribution in [-0.4, -0.2) is 59.4 Å². The summed E-state index contributed by atoms with van der Waals surface area (Å²) in [5, 5.41) is 6.76. The lowest BCUT2D eigenvalue weighted by atomic mass is 10.7. The van der Waals surface area contributed by atoms with E-state index in [9.17, 15) is 4.79 Å². The van der Waals surface area contributed by atoms with E-state index in [1.165, 1.54) is 10.0 Å². The van der Waals surface area contributed by atoms with Gasteiger partial charge in [0.1, 0.15) is 0 Å². The van der Waals surface area contributed by atoms with E-state index in [0.717, 1.165) is 0 Å². The standard InChI is InChI=1S/C6H12N4OS/c1-7-5(11)8(2)10(4)6(12)9(7)3/h1-4H3. The normalized spacial score (nSPS) is 19.3. The maximum atomic E-state index is 11.4. The highest BCUT2D eigenvalue weighted by atomic mass is 32.1. The summed E-state index contributed by atoms with van der Waals surface area (Å²) in [6, 6.07) is -0.103. The Labute approximate surface area is 77.1 Å². The van der Waals surface area contributed by atoms with Gasteiger partial charge in [0.05, 0.1) is 0 Å². The van der Waals surface area contributed by atoms with E-state index in [1.54, 1.807) is 38.2 Å². The number of rotatable bonds is 0. The summed E-state index contributed by atoms with van der Waals surface area (Å²) in [7, 11) is 6.86. The molecule has 5 nitrogen and oxygen atoms in total. The van der Waals surface area contributed by atoms with Crippen molar-refractivity contribution in [3.05, 3.63) is 0 Å². The van der Waals surface area contributed by atoms with E-state index in [-0.39, 0.29) is 6.03 Å². The molecule has 0 aliphatic carbocycles. The number of urea groups is 1. The van der Waals surface area contributed by atoms with Gasteiger partial charge in [0.15, 0.2) is 0 Å². The Morgan fingerprint density at radius 3 is 1.58 bits per heavy atom. The molecule has 0 aromatic carbocycles. The second-order valence-electron chi connectivity index (χ2n) is 2.66. The monoisotopic (exact) mass is 188 g/mol. The number of hydrogen-bond donors (Lipinski definition) is 0. The van der Waals surface area contributed by atoms with E-state index >= 15 is 0 Å². The molecule has 1 aliphatic heterocycles. The third kappa shape index (κ3) is 1.08. The molecule has 0 atom stereocenters. The molecule has 1 saturated heterocycles. The second-order valence-corrected chi connectivity index (χ2v) is 3.02. The van der Waals surface area contributed by atoms with E-state index < -0.39 is 0 Å². The van der Waals surface area contributed by atoms with E-state index in [0.29, 0.717) is 5.11 Å². The predicted octanol–water partition coefficient (Wildman–Crippen LogP) is -0.0379. The van der Waals surface area contributed by atoms with Crippen molar-refractivity contribution in [2.75, 3.05) is 28.2 Å². The van der Waals surface area contributed by atoms with E-state index in [1.807, 2.05) is 0 Å². The van der Waals surface area contributed by atoms with Crippen molar-refractivity contribution in [3.63, 3.8) is 0 Å². The molecule has 0 saturated carbocycles. The Kier molecular flexibility index (Phi) is 2.10. The third-order valence-corrected chi connectivity index (χ3v) is 2.54. The van der Waals surface area contributed by atoms with Gasteiger partial charge < -0.3 is 0 Å². The minimum Gasteiger partial charge on any atom is -0.259 e. The lowest BCUT2D eigenvalue weighted by Crippen LogP contribution is -2.64. The van der Waals surface area contributed by atoms with Crippen molar-refractivity contribution >= 4 is 23.4 Å². The first-order valence-corrected chi connectivity index (χ1v) is 3.90. The van der Waals surface area contributed by atoms with Gasteiger partial charge in [-0.05, 0) is 12.2 Å². The zero-order valence-electron chi connectivity index (χ0n) is 7.61. The zero-order chi connectivity index (χ0) is 9.46. The Hall–Kier alpha value is -1.04. The summed E-state index contributed by atoms with van der Waals surface area (Å²) in [5.41, 5.74) is 0. The molecule has 1 heterocycles. The molecule has 1 fully saturated rings. The van der Waals surface area contributed by atoms with Crippen LogP contribution in [0.4, 0.5) is 4.79 Å². The summed E-state index contributed by atoms with van der Waals surface area (Å²) >= 11 is 5.07. The number of carbonyl (C=O) groups is 1. The molecule has 0 N–H and O–H groups in total. The first-order chi connectivity index (χ1) is 5.46. The molecule has 0 unspecified atom stereocenters. The quantitative estimate of drug-likeness (QED) is 0.499. The van der Waals surface area contributed by atoms with Crippen molar-refractivity contribution in [1.29, 1.82) is 0 Å². The minimum absolute atomic E-state index is 0.103. The minimum atomic E-state index is -0.103. The molecule has 12 heavy (non-hydrogen) atoms.